The smallest absolute Gasteiger partial charge is 0.321 e. The lowest BCUT2D eigenvalue weighted by molar-refractivity contribution is -0.125. The number of hydrogen-bond acceptors (Lipinski definition) is 3. The Morgan fingerprint density at radius 2 is 1.92 bits per heavy atom. The number of hydrogen-bond donors (Lipinski definition) is 2. The number of carbonyl (C=O) groups is 2. The number of likely N-dealkylation sites (tertiary alicyclic amines) is 1. The van der Waals surface area contributed by atoms with Gasteiger partial charge in [0, 0.05) is 6.54 Å². The lowest BCUT2D eigenvalue weighted by atomic mass is 10.2. The fourth-order valence-corrected chi connectivity index (χ4v) is 1.87. The molecule has 2 rings (SSSR count). The van der Waals surface area contributed by atoms with Crippen molar-refractivity contribution in [2.24, 2.45) is 0 Å². The summed E-state index contributed by atoms with van der Waals surface area (Å²) in [5.74, 6) is -0.161. The lowest BCUT2D eigenvalue weighted by Gasteiger charge is -2.29. The minimum atomic E-state index is -0.375. The first-order valence-electron chi connectivity index (χ1n) is 4.60. The van der Waals surface area contributed by atoms with Gasteiger partial charge in [0.1, 0.15) is 6.04 Å². The molecule has 1 unspecified atom stereocenters. The monoisotopic (exact) mass is 183 g/mol. The molecule has 0 bridgehead atoms. The van der Waals surface area contributed by atoms with Crippen molar-refractivity contribution in [3.05, 3.63) is 0 Å². The molecule has 0 spiro atoms. The molecule has 2 aliphatic heterocycles. The molecule has 0 aliphatic carbocycles. The van der Waals surface area contributed by atoms with Crippen LogP contribution in [0.5, 0.6) is 0 Å². The number of rotatable bonds is 1. The molecule has 3 amide bonds. The molecular weight excluding hydrogens is 170 g/mol. The Bertz CT molecular complexity index is 236. The summed E-state index contributed by atoms with van der Waals surface area (Å²) in [6, 6.07) is -0.527. The molecule has 2 aliphatic rings. The maximum absolute atomic E-state index is 11.4. The summed E-state index contributed by atoms with van der Waals surface area (Å²) < 4.78 is 0. The largest absolute Gasteiger partial charge is 0.336 e. The van der Waals surface area contributed by atoms with E-state index in [2.05, 4.69) is 15.5 Å². The topological polar surface area (TPSA) is 61.4 Å². The summed E-state index contributed by atoms with van der Waals surface area (Å²) >= 11 is 0. The number of imide groups is 1. The van der Waals surface area contributed by atoms with Gasteiger partial charge in [0.25, 0.3) is 0 Å². The van der Waals surface area contributed by atoms with E-state index < -0.39 is 0 Å². The number of carbonyl (C=O) groups excluding carboxylic acids is 2. The zero-order valence-corrected chi connectivity index (χ0v) is 7.38. The minimum absolute atomic E-state index is 0.153. The van der Waals surface area contributed by atoms with E-state index in [0.717, 1.165) is 25.9 Å². The summed E-state index contributed by atoms with van der Waals surface area (Å²) in [4.78, 5) is 24.3. The van der Waals surface area contributed by atoms with Crippen molar-refractivity contribution in [1.29, 1.82) is 0 Å². The average Bonchev–Trinajstić information content (AvgIpc) is 2.56. The van der Waals surface area contributed by atoms with Gasteiger partial charge >= 0.3 is 6.03 Å². The van der Waals surface area contributed by atoms with Crippen LogP contribution in [0.1, 0.15) is 12.8 Å². The molecule has 2 heterocycles. The first-order valence-corrected chi connectivity index (χ1v) is 4.60. The highest BCUT2D eigenvalue weighted by Crippen LogP contribution is 2.12. The van der Waals surface area contributed by atoms with Crippen LogP contribution in [0.2, 0.25) is 0 Å². The van der Waals surface area contributed by atoms with Crippen LogP contribution in [0.4, 0.5) is 4.79 Å². The van der Waals surface area contributed by atoms with Gasteiger partial charge in [-0.15, -0.1) is 0 Å². The van der Waals surface area contributed by atoms with Gasteiger partial charge in [-0.1, -0.05) is 0 Å². The maximum Gasteiger partial charge on any atom is 0.321 e. The molecule has 1 atom stereocenters. The van der Waals surface area contributed by atoms with Gasteiger partial charge in [-0.3, -0.25) is 15.0 Å². The standard InChI is InChI=1S/C8H13N3O2/c12-7-6(5-9-8(13)10-7)11-3-1-2-4-11/h6H,1-5H2,(H2,9,10,12,13). The van der Waals surface area contributed by atoms with Gasteiger partial charge < -0.3 is 5.32 Å². The summed E-state index contributed by atoms with van der Waals surface area (Å²) in [5, 5.41) is 4.90. The van der Waals surface area contributed by atoms with Gasteiger partial charge in [-0.2, -0.15) is 0 Å². The average molecular weight is 183 g/mol. The molecule has 0 aromatic carbocycles. The Morgan fingerprint density at radius 1 is 1.23 bits per heavy atom. The first-order chi connectivity index (χ1) is 6.27. The third kappa shape index (κ3) is 1.65. The van der Waals surface area contributed by atoms with Crippen LogP contribution >= 0.6 is 0 Å². The molecule has 0 saturated carbocycles. The zero-order chi connectivity index (χ0) is 9.26. The summed E-state index contributed by atoms with van der Waals surface area (Å²) in [5.41, 5.74) is 0. The normalized spacial score (nSPS) is 30.0. The Morgan fingerprint density at radius 3 is 2.54 bits per heavy atom. The highest BCUT2D eigenvalue weighted by Gasteiger charge is 2.32. The van der Waals surface area contributed by atoms with E-state index in [0.29, 0.717) is 6.54 Å². The number of nitrogens with zero attached hydrogens (tertiary/aromatic N) is 1. The molecule has 0 aromatic heterocycles. The van der Waals surface area contributed by atoms with Crippen molar-refractivity contribution in [3.8, 4) is 0 Å². The van der Waals surface area contributed by atoms with Crippen molar-refractivity contribution in [3.63, 3.8) is 0 Å². The van der Waals surface area contributed by atoms with Gasteiger partial charge in [-0.05, 0) is 25.9 Å². The van der Waals surface area contributed by atoms with E-state index in [9.17, 15) is 9.59 Å². The second-order valence-corrected chi connectivity index (χ2v) is 3.46. The molecule has 2 N–H and O–H groups in total. The van der Waals surface area contributed by atoms with E-state index in [-0.39, 0.29) is 18.0 Å². The maximum atomic E-state index is 11.4. The van der Waals surface area contributed by atoms with Gasteiger partial charge in [-0.25, -0.2) is 4.79 Å². The molecule has 0 radical (unpaired) electrons. The van der Waals surface area contributed by atoms with Crippen LogP contribution < -0.4 is 10.6 Å². The Balaban J connectivity index is 1.98. The van der Waals surface area contributed by atoms with Gasteiger partial charge in [0.2, 0.25) is 5.91 Å². The molecular formula is C8H13N3O2. The van der Waals surface area contributed by atoms with Crippen molar-refractivity contribution in [2.45, 2.75) is 18.9 Å². The predicted molar refractivity (Wildman–Crippen MR) is 46.1 cm³/mol. The predicted octanol–water partition coefficient (Wildman–Crippen LogP) is -0.710. The van der Waals surface area contributed by atoms with E-state index in [1.807, 2.05) is 0 Å². The number of amides is 3. The van der Waals surface area contributed by atoms with E-state index in [1.54, 1.807) is 0 Å². The van der Waals surface area contributed by atoms with Crippen molar-refractivity contribution >= 4 is 11.9 Å². The minimum Gasteiger partial charge on any atom is -0.336 e. The van der Waals surface area contributed by atoms with Crippen molar-refractivity contribution < 1.29 is 9.59 Å². The summed E-state index contributed by atoms with van der Waals surface area (Å²) in [6.45, 7) is 2.38. The van der Waals surface area contributed by atoms with Gasteiger partial charge in [0.05, 0.1) is 0 Å². The van der Waals surface area contributed by atoms with Crippen molar-refractivity contribution in [1.82, 2.24) is 15.5 Å². The highest BCUT2D eigenvalue weighted by atomic mass is 16.2. The second-order valence-electron chi connectivity index (χ2n) is 3.46. The molecule has 5 nitrogen and oxygen atoms in total. The van der Waals surface area contributed by atoms with Crippen LogP contribution in [-0.2, 0) is 4.79 Å². The Labute approximate surface area is 76.5 Å². The fraction of sp³-hybridized carbons (Fsp3) is 0.750. The molecule has 0 aromatic rings. The molecule has 5 heteroatoms. The Hall–Kier alpha value is -1.10. The summed E-state index contributed by atoms with van der Waals surface area (Å²) in [7, 11) is 0. The van der Waals surface area contributed by atoms with Crippen molar-refractivity contribution in [2.75, 3.05) is 19.6 Å². The number of nitrogens with one attached hydrogen (secondary N) is 2. The molecule has 2 fully saturated rings. The second kappa shape index (κ2) is 3.33. The lowest BCUT2D eigenvalue weighted by Crippen LogP contribution is -2.60. The van der Waals surface area contributed by atoms with Crippen LogP contribution in [0.3, 0.4) is 0 Å². The van der Waals surface area contributed by atoms with Gasteiger partial charge in [0.15, 0.2) is 0 Å². The molecule has 13 heavy (non-hydrogen) atoms. The fourth-order valence-electron chi connectivity index (χ4n) is 1.87. The third-order valence-corrected chi connectivity index (χ3v) is 2.58. The van der Waals surface area contributed by atoms with Crippen LogP contribution in [0.15, 0.2) is 0 Å². The van der Waals surface area contributed by atoms with E-state index in [1.165, 1.54) is 0 Å². The SMILES string of the molecule is O=C1NCC(N2CCCC2)C(=O)N1. The third-order valence-electron chi connectivity index (χ3n) is 2.58. The number of urea groups is 1. The van der Waals surface area contributed by atoms with Crippen LogP contribution in [0, 0.1) is 0 Å². The quantitative estimate of drug-likeness (QED) is 0.564. The molecule has 72 valence electrons. The summed E-state index contributed by atoms with van der Waals surface area (Å²) in [6.07, 6.45) is 2.30. The van der Waals surface area contributed by atoms with E-state index >= 15 is 0 Å². The van der Waals surface area contributed by atoms with Crippen LogP contribution in [0.25, 0.3) is 0 Å². The zero-order valence-electron chi connectivity index (χ0n) is 7.38. The Kier molecular flexibility index (Phi) is 2.18. The highest BCUT2D eigenvalue weighted by molar-refractivity contribution is 5.99. The molecule has 2 saturated heterocycles. The van der Waals surface area contributed by atoms with Crippen LogP contribution in [-0.4, -0.2) is 42.5 Å². The first kappa shape index (κ1) is 8.50. The van der Waals surface area contributed by atoms with E-state index in [4.69, 9.17) is 0 Å².